The molecule has 0 bridgehead atoms. The Labute approximate surface area is 108 Å². The van der Waals surface area contributed by atoms with E-state index in [4.69, 9.17) is 5.11 Å². The molecule has 0 aliphatic heterocycles. The van der Waals surface area contributed by atoms with E-state index in [0.29, 0.717) is 12.6 Å². The zero-order chi connectivity index (χ0) is 13.1. The van der Waals surface area contributed by atoms with E-state index in [0.717, 1.165) is 17.8 Å². The molecule has 98 valence electrons. The molecule has 0 aliphatic rings. The van der Waals surface area contributed by atoms with E-state index >= 15 is 0 Å². The second kappa shape index (κ2) is 5.50. The summed E-state index contributed by atoms with van der Waals surface area (Å²) in [7, 11) is 1.97. The normalized spacial score (nSPS) is 11.9. The molecule has 0 aliphatic carbocycles. The molecule has 4 heteroatoms. The van der Waals surface area contributed by atoms with Crippen molar-refractivity contribution >= 4 is 10.9 Å². The van der Waals surface area contributed by atoms with Crippen LogP contribution < -0.4 is 0 Å². The van der Waals surface area contributed by atoms with E-state index in [9.17, 15) is 0 Å². The van der Waals surface area contributed by atoms with Crippen LogP contribution in [0, 0.1) is 0 Å². The molecule has 0 unspecified atom stereocenters. The van der Waals surface area contributed by atoms with Crippen LogP contribution in [0.3, 0.4) is 0 Å². The number of aryl methyl sites for hydroxylation is 1. The Morgan fingerprint density at radius 3 is 2.72 bits per heavy atom. The average Bonchev–Trinajstić information content (AvgIpc) is 2.66. The van der Waals surface area contributed by atoms with Gasteiger partial charge in [-0.05, 0) is 19.9 Å². The second-order valence-electron chi connectivity index (χ2n) is 4.88. The average molecular weight is 247 g/mol. The Bertz CT molecular complexity index is 519. The van der Waals surface area contributed by atoms with Crippen molar-refractivity contribution in [3.05, 3.63) is 30.0 Å². The smallest absolute Gasteiger partial charge is 0.0843 e. The predicted octanol–water partition coefficient (Wildman–Crippen LogP) is 1.78. The van der Waals surface area contributed by atoms with E-state index in [-0.39, 0.29) is 6.61 Å². The summed E-state index contributed by atoms with van der Waals surface area (Å²) in [6, 6.07) is 8.66. The maximum Gasteiger partial charge on any atom is 0.0843 e. The summed E-state index contributed by atoms with van der Waals surface area (Å²) in [5, 5.41) is 14.9. The lowest BCUT2D eigenvalue weighted by molar-refractivity contribution is 0.158. The maximum atomic E-state index is 9.11. The molecular formula is C14H21N3O. The van der Waals surface area contributed by atoms with Crippen LogP contribution in [0.5, 0.6) is 0 Å². The van der Waals surface area contributed by atoms with Crippen molar-refractivity contribution in [1.82, 2.24) is 14.7 Å². The molecule has 1 N–H and O–H groups in total. The van der Waals surface area contributed by atoms with Gasteiger partial charge in [-0.2, -0.15) is 5.10 Å². The Morgan fingerprint density at radius 1 is 1.33 bits per heavy atom. The number of aromatic nitrogens is 2. The molecule has 2 rings (SSSR count). The van der Waals surface area contributed by atoms with Gasteiger partial charge in [0.15, 0.2) is 0 Å². The topological polar surface area (TPSA) is 41.3 Å². The highest BCUT2D eigenvalue weighted by atomic mass is 16.3. The predicted molar refractivity (Wildman–Crippen MR) is 73.3 cm³/mol. The van der Waals surface area contributed by atoms with Gasteiger partial charge in [0.05, 0.1) is 17.8 Å². The molecule has 0 fully saturated rings. The van der Waals surface area contributed by atoms with Crippen LogP contribution in [0.2, 0.25) is 0 Å². The van der Waals surface area contributed by atoms with Crippen LogP contribution >= 0.6 is 0 Å². The Hall–Kier alpha value is -1.39. The Morgan fingerprint density at radius 2 is 2.06 bits per heavy atom. The van der Waals surface area contributed by atoms with Gasteiger partial charge in [0.25, 0.3) is 0 Å². The summed E-state index contributed by atoms with van der Waals surface area (Å²) in [6.07, 6.45) is 0. The van der Waals surface area contributed by atoms with Crippen LogP contribution in [0.25, 0.3) is 10.9 Å². The number of hydrogen-bond donors (Lipinski definition) is 1. The van der Waals surface area contributed by atoms with E-state index in [1.807, 2.05) is 23.9 Å². The fourth-order valence-electron chi connectivity index (χ4n) is 2.25. The SMILES string of the molecule is CC(C)N(CCO)Cc1nn(C)c2ccccc12. The zero-order valence-electron chi connectivity index (χ0n) is 11.3. The van der Waals surface area contributed by atoms with Crippen molar-refractivity contribution in [2.75, 3.05) is 13.2 Å². The fraction of sp³-hybridized carbons (Fsp3) is 0.500. The first-order chi connectivity index (χ1) is 8.63. The molecule has 4 nitrogen and oxygen atoms in total. The molecule has 0 amide bonds. The third kappa shape index (κ3) is 2.54. The number of fused-ring (bicyclic) bond motifs is 1. The number of aliphatic hydroxyl groups is 1. The van der Waals surface area contributed by atoms with Crippen molar-refractivity contribution in [3.63, 3.8) is 0 Å². The van der Waals surface area contributed by atoms with Gasteiger partial charge >= 0.3 is 0 Å². The quantitative estimate of drug-likeness (QED) is 0.875. The Balaban J connectivity index is 2.30. The van der Waals surface area contributed by atoms with E-state index in [1.54, 1.807) is 0 Å². The number of hydrogen-bond acceptors (Lipinski definition) is 3. The van der Waals surface area contributed by atoms with Crippen molar-refractivity contribution < 1.29 is 5.11 Å². The Kier molecular flexibility index (Phi) is 3.99. The maximum absolute atomic E-state index is 9.11. The van der Waals surface area contributed by atoms with E-state index in [1.165, 1.54) is 5.39 Å². The zero-order valence-corrected chi connectivity index (χ0v) is 11.3. The van der Waals surface area contributed by atoms with Crippen LogP contribution in [0.4, 0.5) is 0 Å². The van der Waals surface area contributed by atoms with Gasteiger partial charge in [-0.1, -0.05) is 18.2 Å². The number of nitrogens with zero attached hydrogens (tertiary/aromatic N) is 3. The van der Waals surface area contributed by atoms with Gasteiger partial charge in [-0.15, -0.1) is 0 Å². The molecule has 2 aromatic rings. The number of benzene rings is 1. The highest BCUT2D eigenvalue weighted by Gasteiger charge is 2.14. The first-order valence-electron chi connectivity index (χ1n) is 6.39. The first-order valence-corrected chi connectivity index (χ1v) is 6.39. The third-order valence-corrected chi connectivity index (χ3v) is 3.30. The summed E-state index contributed by atoms with van der Waals surface area (Å²) < 4.78 is 1.92. The van der Waals surface area contributed by atoms with Gasteiger partial charge in [-0.3, -0.25) is 9.58 Å². The summed E-state index contributed by atoms with van der Waals surface area (Å²) >= 11 is 0. The third-order valence-electron chi connectivity index (χ3n) is 3.30. The van der Waals surface area contributed by atoms with Crippen molar-refractivity contribution in [2.45, 2.75) is 26.4 Å². The van der Waals surface area contributed by atoms with Gasteiger partial charge in [0.1, 0.15) is 0 Å². The highest BCUT2D eigenvalue weighted by Crippen LogP contribution is 2.19. The summed E-state index contributed by atoms with van der Waals surface area (Å²) in [5.41, 5.74) is 2.23. The van der Waals surface area contributed by atoms with Gasteiger partial charge in [0, 0.05) is 31.6 Å². The van der Waals surface area contributed by atoms with Crippen LogP contribution in [0.15, 0.2) is 24.3 Å². The lowest BCUT2D eigenvalue weighted by atomic mass is 10.2. The number of aliphatic hydroxyl groups excluding tert-OH is 1. The minimum Gasteiger partial charge on any atom is -0.395 e. The summed E-state index contributed by atoms with van der Waals surface area (Å²) in [6.45, 7) is 5.92. The molecular weight excluding hydrogens is 226 g/mol. The van der Waals surface area contributed by atoms with Crippen molar-refractivity contribution in [3.8, 4) is 0 Å². The highest BCUT2D eigenvalue weighted by molar-refractivity contribution is 5.81. The van der Waals surface area contributed by atoms with Crippen LogP contribution in [0.1, 0.15) is 19.5 Å². The number of rotatable bonds is 5. The molecule has 0 spiro atoms. The molecule has 0 saturated carbocycles. The minimum atomic E-state index is 0.183. The lowest BCUT2D eigenvalue weighted by Gasteiger charge is -2.24. The molecule has 1 heterocycles. The fourth-order valence-corrected chi connectivity index (χ4v) is 2.25. The van der Waals surface area contributed by atoms with Crippen molar-refractivity contribution in [1.29, 1.82) is 0 Å². The van der Waals surface area contributed by atoms with Crippen LogP contribution in [-0.4, -0.2) is 39.0 Å². The monoisotopic (exact) mass is 247 g/mol. The molecule has 0 radical (unpaired) electrons. The summed E-state index contributed by atoms with van der Waals surface area (Å²) in [4.78, 5) is 2.23. The standard InChI is InChI=1S/C14H21N3O/c1-11(2)17(8-9-18)10-13-12-6-4-5-7-14(12)16(3)15-13/h4-7,11,18H,8-10H2,1-3H3. The van der Waals surface area contributed by atoms with Gasteiger partial charge < -0.3 is 5.11 Å². The first kappa shape index (κ1) is 13.1. The van der Waals surface area contributed by atoms with Crippen molar-refractivity contribution in [2.24, 2.45) is 7.05 Å². The molecule has 0 atom stereocenters. The molecule has 1 aromatic carbocycles. The summed E-state index contributed by atoms with van der Waals surface area (Å²) in [5.74, 6) is 0. The van der Waals surface area contributed by atoms with Gasteiger partial charge in [0.2, 0.25) is 0 Å². The molecule has 18 heavy (non-hydrogen) atoms. The molecule has 1 aromatic heterocycles. The second-order valence-corrected chi connectivity index (χ2v) is 4.88. The van der Waals surface area contributed by atoms with Gasteiger partial charge in [-0.25, -0.2) is 0 Å². The number of para-hydroxylation sites is 1. The largest absolute Gasteiger partial charge is 0.395 e. The van der Waals surface area contributed by atoms with Crippen LogP contribution in [-0.2, 0) is 13.6 Å². The van der Waals surface area contributed by atoms with E-state index in [2.05, 4.69) is 36.0 Å². The lowest BCUT2D eigenvalue weighted by Crippen LogP contribution is -2.33. The molecule has 0 saturated heterocycles. The van der Waals surface area contributed by atoms with E-state index < -0.39 is 0 Å². The minimum absolute atomic E-state index is 0.183.